The summed E-state index contributed by atoms with van der Waals surface area (Å²) in [5.41, 5.74) is 2.33. The lowest BCUT2D eigenvalue weighted by molar-refractivity contribution is -0.122. The molecule has 1 heterocycles. The Morgan fingerprint density at radius 2 is 1.70 bits per heavy atom. The second-order valence-corrected chi connectivity index (χ2v) is 7.91. The van der Waals surface area contributed by atoms with Crippen molar-refractivity contribution in [1.29, 1.82) is 0 Å². The van der Waals surface area contributed by atoms with Gasteiger partial charge in [-0.3, -0.25) is 14.6 Å². The predicted molar refractivity (Wildman–Crippen MR) is 119 cm³/mol. The lowest BCUT2D eigenvalue weighted by Gasteiger charge is -2.34. The minimum Gasteiger partial charge on any atom is -0.493 e. The summed E-state index contributed by atoms with van der Waals surface area (Å²) in [6, 6.07) is 13.8. The Kier molecular flexibility index (Phi) is 8.37. The van der Waals surface area contributed by atoms with E-state index < -0.39 is 0 Å². The lowest BCUT2D eigenvalue weighted by Crippen LogP contribution is -2.49. The maximum atomic E-state index is 12.3. The van der Waals surface area contributed by atoms with Gasteiger partial charge in [-0.2, -0.15) is 0 Å². The van der Waals surface area contributed by atoms with Crippen LogP contribution < -0.4 is 14.8 Å². The van der Waals surface area contributed by atoms with Crippen LogP contribution in [0.25, 0.3) is 0 Å². The molecule has 0 saturated carbocycles. The van der Waals surface area contributed by atoms with Gasteiger partial charge in [0.25, 0.3) is 0 Å². The number of hydrogen-bond donors (Lipinski definition) is 1. The molecule has 1 aliphatic rings. The van der Waals surface area contributed by atoms with Crippen molar-refractivity contribution in [2.45, 2.75) is 13.0 Å². The van der Waals surface area contributed by atoms with Crippen LogP contribution in [0.3, 0.4) is 0 Å². The second kappa shape index (κ2) is 11.2. The molecule has 1 amide bonds. The maximum absolute atomic E-state index is 12.3. The molecule has 7 heteroatoms. The number of carbonyl (C=O) groups is 1. The van der Waals surface area contributed by atoms with Gasteiger partial charge in [-0.25, -0.2) is 0 Å². The van der Waals surface area contributed by atoms with E-state index in [9.17, 15) is 4.79 Å². The van der Waals surface area contributed by atoms with Crippen molar-refractivity contribution in [3.63, 3.8) is 0 Å². The summed E-state index contributed by atoms with van der Waals surface area (Å²) in [6.07, 6.45) is 0.750. The van der Waals surface area contributed by atoms with Crippen LogP contribution in [-0.2, 0) is 17.8 Å². The largest absolute Gasteiger partial charge is 0.493 e. The second-order valence-electron chi connectivity index (χ2n) is 7.47. The number of benzene rings is 2. The van der Waals surface area contributed by atoms with E-state index in [-0.39, 0.29) is 5.91 Å². The Labute approximate surface area is 183 Å². The molecule has 0 spiro atoms. The molecule has 2 aromatic rings. The van der Waals surface area contributed by atoms with Gasteiger partial charge in [0.2, 0.25) is 5.91 Å². The summed E-state index contributed by atoms with van der Waals surface area (Å²) in [5.74, 6) is 1.48. The van der Waals surface area contributed by atoms with E-state index in [0.29, 0.717) is 24.6 Å². The van der Waals surface area contributed by atoms with Gasteiger partial charge in [0.05, 0.1) is 20.8 Å². The summed E-state index contributed by atoms with van der Waals surface area (Å²) < 4.78 is 10.6. The first-order valence-corrected chi connectivity index (χ1v) is 10.6. The predicted octanol–water partition coefficient (Wildman–Crippen LogP) is 2.83. The van der Waals surface area contributed by atoms with E-state index >= 15 is 0 Å². The quantitative estimate of drug-likeness (QED) is 0.661. The van der Waals surface area contributed by atoms with Gasteiger partial charge in [-0.05, 0) is 41.8 Å². The fraction of sp³-hybridized carbons (Fsp3) is 0.435. The molecule has 0 atom stereocenters. The Morgan fingerprint density at radius 1 is 0.967 bits per heavy atom. The van der Waals surface area contributed by atoms with Crippen molar-refractivity contribution in [3.8, 4) is 11.5 Å². The molecule has 0 radical (unpaired) electrons. The van der Waals surface area contributed by atoms with Gasteiger partial charge < -0.3 is 14.8 Å². The van der Waals surface area contributed by atoms with Crippen LogP contribution in [0.2, 0.25) is 5.02 Å². The SMILES string of the molecule is COc1ccc(CCNC(=O)CN2CCN(Cc3cccc(Cl)c3)CC2)cc1OC. The molecule has 30 heavy (non-hydrogen) atoms. The molecule has 3 rings (SSSR count). The number of piperazine rings is 1. The average molecular weight is 432 g/mol. The zero-order valence-electron chi connectivity index (χ0n) is 17.7. The van der Waals surface area contributed by atoms with Crippen LogP contribution >= 0.6 is 11.6 Å². The molecule has 1 fully saturated rings. The van der Waals surface area contributed by atoms with Crippen LogP contribution in [0.5, 0.6) is 11.5 Å². The van der Waals surface area contributed by atoms with E-state index in [0.717, 1.165) is 49.7 Å². The van der Waals surface area contributed by atoms with Crippen molar-refractivity contribution in [3.05, 3.63) is 58.6 Å². The highest BCUT2D eigenvalue weighted by Gasteiger charge is 2.19. The summed E-state index contributed by atoms with van der Waals surface area (Å²) >= 11 is 6.07. The Hall–Kier alpha value is -2.28. The van der Waals surface area contributed by atoms with Gasteiger partial charge in [0.15, 0.2) is 11.5 Å². The maximum Gasteiger partial charge on any atom is 0.234 e. The first-order chi connectivity index (χ1) is 14.6. The molecule has 0 bridgehead atoms. The number of nitrogens with one attached hydrogen (secondary N) is 1. The van der Waals surface area contributed by atoms with Crippen molar-refractivity contribution < 1.29 is 14.3 Å². The lowest BCUT2D eigenvalue weighted by atomic mass is 10.1. The van der Waals surface area contributed by atoms with Crippen LogP contribution in [0.4, 0.5) is 0 Å². The van der Waals surface area contributed by atoms with Crippen LogP contribution in [-0.4, -0.2) is 69.2 Å². The smallest absolute Gasteiger partial charge is 0.234 e. The Balaban J connectivity index is 1.36. The van der Waals surface area contributed by atoms with E-state index in [2.05, 4.69) is 21.2 Å². The third-order valence-corrected chi connectivity index (χ3v) is 5.55. The standard InChI is InChI=1S/C23H30ClN3O3/c1-29-21-7-6-18(15-22(21)30-2)8-9-25-23(28)17-27-12-10-26(11-13-27)16-19-4-3-5-20(24)14-19/h3-7,14-15H,8-13,16-17H2,1-2H3,(H,25,28). The van der Waals surface area contributed by atoms with Gasteiger partial charge in [0, 0.05) is 44.3 Å². The topological polar surface area (TPSA) is 54.0 Å². The van der Waals surface area contributed by atoms with Gasteiger partial charge in [-0.1, -0.05) is 29.8 Å². The summed E-state index contributed by atoms with van der Waals surface area (Å²) in [4.78, 5) is 16.9. The molecule has 162 valence electrons. The van der Waals surface area contributed by atoms with Crippen molar-refractivity contribution >= 4 is 17.5 Å². The van der Waals surface area contributed by atoms with Crippen LogP contribution in [0.15, 0.2) is 42.5 Å². The highest BCUT2D eigenvalue weighted by molar-refractivity contribution is 6.30. The third-order valence-electron chi connectivity index (χ3n) is 5.31. The van der Waals surface area contributed by atoms with Gasteiger partial charge in [-0.15, -0.1) is 0 Å². The molecule has 6 nitrogen and oxygen atoms in total. The van der Waals surface area contributed by atoms with E-state index in [1.165, 1.54) is 5.56 Å². The zero-order valence-corrected chi connectivity index (χ0v) is 18.5. The molecular formula is C23H30ClN3O3. The minimum absolute atomic E-state index is 0.0683. The Bertz CT molecular complexity index is 838. The normalized spacial score (nSPS) is 15.0. The number of nitrogens with zero attached hydrogens (tertiary/aromatic N) is 2. The molecule has 2 aromatic carbocycles. The summed E-state index contributed by atoms with van der Waals surface area (Å²) in [5, 5.41) is 3.79. The number of halogens is 1. The molecular weight excluding hydrogens is 402 g/mol. The number of rotatable bonds is 9. The molecule has 1 N–H and O–H groups in total. The van der Waals surface area contributed by atoms with Crippen LogP contribution in [0.1, 0.15) is 11.1 Å². The van der Waals surface area contributed by atoms with Crippen molar-refractivity contribution in [2.24, 2.45) is 0 Å². The average Bonchev–Trinajstić information content (AvgIpc) is 2.75. The minimum atomic E-state index is 0.0683. The molecule has 0 aliphatic carbocycles. The van der Waals surface area contributed by atoms with Crippen LogP contribution in [0, 0.1) is 0 Å². The van der Waals surface area contributed by atoms with Gasteiger partial charge in [0.1, 0.15) is 0 Å². The zero-order chi connectivity index (χ0) is 21.3. The number of carbonyl (C=O) groups excluding carboxylic acids is 1. The molecule has 0 aromatic heterocycles. The molecule has 0 unspecified atom stereocenters. The number of hydrogen-bond acceptors (Lipinski definition) is 5. The monoisotopic (exact) mass is 431 g/mol. The number of ether oxygens (including phenoxy) is 2. The highest BCUT2D eigenvalue weighted by Crippen LogP contribution is 2.27. The number of amides is 1. The molecule has 1 aliphatic heterocycles. The fourth-order valence-corrected chi connectivity index (χ4v) is 3.85. The first kappa shape index (κ1) is 22.4. The van der Waals surface area contributed by atoms with E-state index in [1.807, 2.05) is 36.4 Å². The highest BCUT2D eigenvalue weighted by atomic mass is 35.5. The van der Waals surface area contributed by atoms with Crippen molar-refractivity contribution in [1.82, 2.24) is 15.1 Å². The van der Waals surface area contributed by atoms with E-state index in [1.54, 1.807) is 14.2 Å². The van der Waals surface area contributed by atoms with E-state index in [4.69, 9.17) is 21.1 Å². The first-order valence-electron chi connectivity index (χ1n) is 10.2. The third kappa shape index (κ3) is 6.62. The number of methoxy groups -OCH3 is 2. The fourth-order valence-electron chi connectivity index (χ4n) is 3.64. The summed E-state index contributed by atoms with van der Waals surface area (Å²) in [6.45, 7) is 5.62. The van der Waals surface area contributed by atoms with Crippen molar-refractivity contribution in [2.75, 3.05) is 53.5 Å². The van der Waals surface area contributed by atoms with Gasteiger partial charge >= 0.3 is 0 Å². The Morgan fingerprint density at radius 3 is 2.40 bits per heavy atom. The summed E-state index contributed by atoms with van der Waals surface area (Å²) in [7, 11) is 3.24. The molecule has 1 saturated heterocycles.